The maximum absolute atomic E-state index is 12.4. The van der Waals surface area contributed by atoms with Gasteiger partial charge in [0.05, 0.1) is 0 Å². The van der Waals surface area contributed by atoms with Crippen LogP contribution in [0.5, 0.6) is 5.75 Å². The highest BCUT2D eigenvalue weighted by Gasteiger charge is 2.18. The fraction of sp³-hybridized carbons (Fsp3) is 0.300. The number of carbonyl (C=O) groups excluding carboxylic acids is 2. The van der Waals surface area contributed by atoms with Gasteiger partial charge < -0.3 is 21.1 Å². The highest BCUT2D eigenvalue weighted by Crippen LogP contribution is 2.09. The third kappa shape index (κ3) is 6.94. The van der Waals surface area contributed by atoms with Crippen molar-refractivity contribution in [3.05, 3.63) is 65.7 Å². The van der Waals surface area contributed by atoms with E-state index in [4.69, 9.17) is 0 Å². The quantitative estimate of drug-likeness (QED) is 0.546. The average Bonchev–Trinajstić information content (AvgIpc) is 2.63. The summed E-state index contributed by atoms with van der Waals surface area (Å²) in [6, 6.07) is 16.1. The molecule has 2 rings (SSSR count). The summed E-state index contributed by atoms with van der Waals surface area (Å²) in [6.07, 6.45) is 0.649. The molecule has 2 amide bonds. The van der Waals surface area contributed by atoms with Gasteiger partial charge in [-0.05, 0) is 29.7 Å². The topological polar surface area (TPSA) is 90.5 Å². The van der Waals surface area contributed by atoms with Gasteiger partial charge in [-0.2, -0.15) is 0 Å². The van der Waals surface area contributed by atoms with Crippen molar-refractivity contribution in [3.63, 3.8) is 0 Å². The van der Waals surface area contributed by atoms with Gasteiger partial charge in [-0.25, -0.2) is 0 Å². The highest BCUT2D eigenvalue weighted by atomic mass is 16.3. The molecule has 0 spiro atoms. The third-order valence-electron chi connectivity index (χ3n) is 3.86. The van der Waals surface area contributed by atoms with Crippen LogP contribution < -0.4 is 16.0 Å². The molecule has 138 valence electrons. The number of amides is 2. The van der Waals surface area contributed by atoms with E-state index in [-0.39, 0.29) is 17.6 Å². The summed E-state index contributed by atoms with van der Waals surface area (Å²) in [6.45, 7) is 2.82. The number of nitrogens with one attached hydrogen (secondary N) is 3. The minimum absolute atomic E-state index is 0.216. The molecule has 0 aliphatic rings. The van der Waals surface area contributed by atoms with Crippen molar-refractivity contribution in [2.45, 2.75) is 25.9 Å². The molecule has 2 aromatic rings. The predicted molar refractivity (Wildman–Crippen MR) is 101 cm³/mol. The van der Waals surface area contributed by atoms with Gasteiger partial charge in [0.15, 0.2) is 0 Å². The van der Waals surface area contributed by atoms with Crippen LogP contribution in [0.4, 0.5) is 0 Å². The Morgan fingerprint density at radius 2 is 1.69 bits per heavy atom. The standard InChI is InChI=1S/C20H25N3O3/c1-15(24)23-19(14-21-13-17-5-3-2-4-6-17)20(26)22-12-11-16-7-9-18(25)10-8-16/h2-10,19,21,25H,11-14H2,1H3,(H,22,26)(H,23,24). The van der Waals surface area contributed by atoms with Gasteiger partial charge in [0.1, 0.15) is 11.8 Å². The molecule has 0 bridgehead atoms. The summed E-state index contributed by atoms with van der Waals surface area (Å²) in [4.78, 5) is 23.7. The molecular formula is C20H25N3O3. The lowest BCUT2D eigenvalue weighted by molar-refractivity contribution is -0.127. The SMILES string of the molecule is CC(=O)NC(CNCc1ccccc1)C(=O)NCCc1ccc(O)cc1. The Morgan fingerprint density at radius 1 is 1.00 bits per heavy atom. The van der Waals surface area contributed by atoms with Crippen molar-refractivity contribution < 1.29 is 14.7 Å². The van der Waals surface area contributed by atoms with Gasteiger partial charge in [-0.3, -0.25) is 9.59 Å². The predicted octanol–water partition coefficient (Wildman–Crippen LogP) is 1.35. The molecule has 0 radical (unpaired) electrons. The zero-order chi connectivity index (χ0) is 18.8. The number of phenols is 1. The smallest absolute Gasteiger partial charge is 0.243 e. The van der Waals surface area contributed by atoms with Crippen molar-refractivity contribution in [1.29, 1.82) is 0 Å². The minimum atomic E-state index is -0.629. The van der Waals surface area contributed by atoms with Gasteiger partial charge in [0.2, 0.25) is 11.8 Å². The lowest BCUT2D eigenvalue weighted by Gasteiger charge is -2.18. The molecule has 4 N–H and O–H groups in total. The summed E-state index contributed by atoms with van der Waals surface area (Å²) >= 11 is 0. The zero-order valence-electron chi connectivity index (χ0n) is 14.9. The second-order valence-electron chi connectivity index (χ2n) is 6.08. The lowest BCUT2D eigenvalue weighted by atomic mass is 10.1. The van der Waals surface area contributed by atoms with E-state index in [1.54, 1.807) is 12.1 Å². The zero-order valence-corrected chi connectivity index (χ0v) is 14.9. The molecule has 0 fully saturated rings. The molecule has 0 heterocycles. The van der Waals surface area contributed by atoms with Crippen molar-refractivity contribution in [3.8, 4) is 5.75 Å². The van der Waals surface area contributed by atoms with Crippen LogP contribution in [0.15, 0.2) is 54.6 Å². The summed E-state index contributed by atoms with van der Waals surface area (Å²) in [7, 11) is 0. The van der Waals surface area contributed by atoms with Gasteiger partial charge in [-0.1, -0.05) is 42.5 Å². The molecule has 6 heteroatoms. The Hall–Kier alpha value is -2.86. The van der Waals surface area contributed by atoms with E-state index < -0.39 is 6.04 Å². The fourth-order valence-corrected chi connectivity index (χ4v) is 2.53. The van der Waals surface area contributed by atoms with Crippen molar-refractivity contribution in [2.24, 2.45) is 0 Å². The van der Waals surface area contributed by atoms with Crippen LogP contribution in [0, 0.1) is 0 Å². The summed E-state index contributed by atoms with van der Waals surface area (Å²) in [5.74, 6) is -0.252. The molecule has 1 atom stereocenters. The van der Waals surface area contributed by atoms with Crippen LogP contribution in [0.2, 0.25) is 0 Å². The number of phenolic OH excluding ortho intramolecular Hbond substituents is 1. The lowest BCUT2D eigenvalue weighted by Crippen LogP contribution is -2.51. The van der Waals surface area contributed by atoms with Crippen LogP contribution in [-0.2, 0) is 22.6 Å². The maximum Gasteiger partial charge on any atom is 0.243 e. The summed E-state index contributed by atoms with van der Waals surface area (Å²) in [5.41, 5.74) is 2.13. The third-order valence-corrected chi connectivity index (χ3v) is 3.86. The van der Waals surface area contributed by atoms with E-state index in [2.05, 4.69) is 16.0 Å². The fourth-order valence-electron chi connectivity index (χ4n) is 2.53. The van der Waals surface area contributed by atoms with Crippen LogP contribution in [0.1, 0.15) is 18.1 Å². The first-order valence-electron chi connectivity index (χ1n) is 8.62. The van der Waals surface area contributed by atoms with Gasteiger partial charge in [-0.15, -0.1) is 0 Å². The van der Waals surface area contributed by atoms with E-state index in [0.29, 0.717) is 26.1 Å². The van der Waals surface area contributed by atoms with Crippen LogP contribution in [0.25, 0.3) is 0 Å². The molecule has 0 aliphatic heterocycles. The Bertz CT molecular complexity index is 702. The number of benzene rings is 2. The molecule has 0 aromatic heterocycles. The largest absolute Gasteiger partial charge is 0.508 e. The number of rotatable bonds is 9. The monoisotopic (exact) mass is 355 g/mol. The Morgan fingerprint density at radius 3 is 2.35 bits per heavy atom. The molecule has 26 heavy (non-hydrogen) atoms. The van der Waals surface area contributed by atoms with Crippen molar-refractivity contribution in [1.82, 2.24) is 16.0 Å². The first-order valence-corrected chi connectivity index (χ1v) is 8.62. The van der Waals surface area contributed by atoms with E-state index >= 15 is 0 Å². The highest BCUT2D eigenvalue weighted by molar-refractivity contribution is 5.87. The maximum atomic E-state index is 12.4. The number of aromatic hydroxyl groups is 1. The van der Waals surface area contributed by atoms with Gasteiger partial charge >= 0.3 is 0 Å². The molecule has 1 unspecified atom stereocenters. The minimum Gasteiger partial charge on any atom is -0.508 e. The first-order chi connectivity index (χ1) is 12.5. The summed E-state index contributed by atoms with van der Waals surface area (Å²) in [5, 5.41) is 18.0. The average molecular weight is 355 g/mol. The van der Waals surface area contributed by atoms with Gasteiger partial charge in [0.25, 0.3) is 0 Å². The second-order valence-corrected chi connectivity index (χ2v) is 6.08. The van der Waals surface area contributed by atoms with E-state index in [0.717, 1.165) is 11.1 Å². The van der Waals surface area contributed by atoms with Crippen molar-refractivity contribution >= 4 is 11.8 Å². The van der Waals surface area contributed by atoms with Crippen LogP contribution in [0.3, 0.4) is 0 Å². The Labute approximate surface area is 153 Å². The first kappa shape index (κ1) is 19.5. The second kappa shape index (κ2) is 10.2. The summed E-state index contributed by atoms with van der Waals surface area (Å²) < 4.78 is 0. The Balaban J connectivity index is 1.79. The molecular weight excluding hydrogens is 330 g/mol. The number of carbonyl (C=O) groups is 2. The molecule has 0 saturated carbocycles. The normalized spacial score (nSPS) is 11.6. The Kier molecular flexibility index (Phi) is 7.64. The van der Waals surface area contributed by atoms with Crippen LogP contribution in [-0.4, -0.2) is 36.1 Å². The molecule has 0 aliphatic carbocycles. The van der Waals surface area contributed by atoms with E-state index in [1.807, 2.05) is 42.5 Å². The molecule has 0 saturated heterocycles. The number of hydrogen-bond donors (Lipinski definition) is 4. The van der Waals surface area contributed by atoms with Crippen molar-refractivity contribution in [2.75, 3.05) is 13.1 Å². The van der Waals surface area contributed by atoms with Crippen LogP contribution >= 0.6 is 0 Å². The number of hydrogen-bond acceptors (Lipinski definition) is 4. The van der Waals surface area contributed by atoms with Gasteiger partial charge in [0, 0.05) is 26.6 Å². The molecule has 2 aromatic carbocycles. The van der Waals surface area contributed by atoms with E-state index in [9.17, 15) is 14.7 Å². The van der Waals surface area contributed by atoms with E-state index in [1.165, 1.54) is 6.92 Å². The molecule has 6 nitrogen and oxygen atoms in total.